The summed E-state index contributed by atoms with van der Waals surface area (Å²) in [5.41, 5.74) is 1.19. The lowest BCUT2D eigenvalue weighted by Crippen LogP contribution is -2.40. The van der Waals surface area contributed by atoms with Crippen LogP contribution in [0.3, 0.4) is 0 Å². The number of H-pyrrole nitrogens is 1. The number of nitrogens with zero attached hydrogens (tertiary/aromatic N) is 2. The highest BCUT2D eigenvalue weighted by Gasteiger charge is 2.25. The second kappa shape index (κ2) is 6.79. The van der Waals surface area contributed by atoms with Crippen LogP contribution in [0.4, 0.5) is 0 Å². The van der Waals surface area contributed by atoms with Gasteiger partial charge in [-0.05, 0) is 44.0 Å². The maximum absolute atomic E-state index is 12.5. The third-order valence-corrected chi connectivity index (χ3v) is 4.17. The molecule has 1 amide bonds. The molecule has 118 valence electrons. The summed E-state index contributed by atoms with van der Waals surface area (Å²) in [7, 11) is 0. The number of aromatic nitrogens is 2. The van der Waals surface area contributed by atoms with E-state index in [9.17, 15) is 4.79 Å². The summed E-state index contributed by atoms with van der Waals surface area (Å²) in [6, 6.07) is 5.41. The van der Waals surface area contributed by atoms with E-state index in [1.165, 1.54) is 0 Å². The molecule has 2 aromatic heterocycles. The van der Waals surface area contributed by atoms with Crippen molar-refractivity contribution in [3.8, 4) is 11.5 Å². The Labute approximate surface area is 129 Å². The zero-order chi connectivity index (χ0) is 15.4. The first kappa shape index (κ1) is 14.8. The van der Waals surface area contributed by atoms with E-state index in [4.69, 9.17) is 4.42 Å². The number of amides is 1. The quantitative estimate of drug-likeness (QED) is 0.887. The van der Waals surface area contributed by atoms with E-state index >= 15 is 0 Å². The lowest BCUT2D eigenvalue weighted by molar-refractivity contribution is 0.0684. The lowest BCUT2D eigenvalue weighted by Gasteiger charge is -2.31. The van der Waals surface area contributed by atoms with Crippen molar-refractivity contribution in [2.24, 2.45) is 5.92 Å². The summed E-state index contributed by atoms with van der Waals surface area (Å²) < 4.78 is 5.31. The van der Waals surface area contributed by atoms with E-state index in [0.717, 1.165) is 44.7 Å². The smallest absolute Gasteiger partial charge is 0.274 e. The van der Waals surface area contributed by atoms with Gasteiger partial charge in [-0.25, -0.2) is 0 Å². The first-order valence-corrected chi connectivity index (χ1v) is 7.87. The summed E-state index contributed by atoms with van der Waals surface area (Å²) in [5.74, 6) is 1.36. The SMILES string of the molecule is CCNCC1CCN(C(=O)c2cc(-c3ccco3)[nH]n2)CC1. The largest absolute Gasteiger partial charge is 0.463 e. The molecule has 0 unspecified atom stereocenters. The highest BCUT2D eigenvalue weighted by atomic mass is 16.3. The summed E-state index contributed by atoms with van der Waals surface area (Å²) >= 11 is 0. The van der Waals surface area contributed by atoms with Crippen LogP contribution in [-0.2, 0) is 0 Å². The molecule has 1 saturated heterocycles. The molecule has 1 aliphatic heterocycles. The number of carbonyl (C=O) groups excluding carboxylic acids is 1. The third kappa shape index (κ3) is 3.22. The van der Waals surface area contributed by atoms with E-state index in [0.29, 0.717) is 17.4 Å². The molecule has 3 heterocycles. The normalized spacial score (nSPS) is 16.1. The Hall–Kier alpha value is -2.08. The van der Waals surface area contributed by atoms with Crippen LogP contribution in [-0.4, -0.2) is 47.2 Å². The fourth-order valence-corrected chi connectivity index (χ4v) is 2.84. The molecule has 3 rings (SSSR count). The average Bonchev–Trinajstić information content (AvgIpc) is 3.23. The fourth-order valence-electron chi connectivity index (χ4n) is 2.84. The predicted octanol–water partition coefficient (Wildman–Crippen LogP) is 2.13. The minimum absolute atomic E-state index is 0.00374. The first-order chi connectivity index (χ1) is 10.8. The Morgan fingerprint density at radius 2 is 2.32 bits per heavy atom. The van der Waals surface area contributed by atoms with Gasteiger partial charge in [0.2, 0.25) is 0 Å². The Balaban J connectivity index is 1.58. The number of hydrogen-bond donors (Lipinski definition) is 2. The minimum Gasteiger partial charge on any atom is -0.463 e. The molecule has 1 fully saturated rings. The summed E-state index contributed by atoms with van der Waals surface area (Å²) in [6.45, 7) is 5.77. The molecule has 0 aliphatic carbocycles. The van der Waals surface area contributed by atoms with Gasteiger partial charge in [0.05, 0.1) is 6.26 Å². The van der Waals surface area contributed by atoms with E-state index in [-0.39, 0.29) is 5.91 Å². The number of rotatable bonds is 5. The monoisotopic (exact) mass is 302 g/mol. The summed E-state index contributed by atoms with van der Waals surface area (Å²) in [6.07, 6.45) is 3.70. The molecule has 1 aliphatic rings. The number of furan rings is 1. The first-order valence-electron chi connectivity index (χ1n) is 7.87. The van der Waals surface area contributed by atoms with Gasteiger partial charge in [0.1, 0.15) is 5.69 Å². The van der Waals surface area contributed by atoms with Crippen LogP contribution in [0.2, 0.25) is 0 Å². The third-order valence-electron chi connectivity index (χ3n) is 4.17. The maximum Gasteiger partial charge on any atom is 0.274 e. The zero-order valence-electron chi connectivity index (χ0n) is 12.8. The van der Waals surface area contributed by atoms with Crippen molar-refractivity contribution in [1.82, 2.24) is 20.4 Å². The molecule has 0 saturated carbocycles. The van der Waals surface area contributed by atoms with Crippen molar-refractivity contribution in [1.29, 1.82) is 0 Å². The molecular formula is C16H22N4O2. The molecule has 22 heavy (non-hydrogen) atoms. The van der Waals surface area contributed by atoms with Gasteiger partial charge in [-0.3, -0.25) is 9.89 Å². The molecule has 2 aromatic rings. The highest BCUT2D eigenvalue weighted by Crippen LogP contribution is 2.21. The molecular weight excluding hydrogens is 280 g/mol. The highest BCUT2D eigenvalue weighted by molar-refractivity contribution is 5.93. The summed E-state index contributed by atoms with van der Waals surface area (Å²) in [5, 5.41) is 10.4. The van der Waals surface area contributed by atoms with Crippen molar-refractivity contribution in [2.75, 3.05) is 26.2 Å². The van der Waals surface area contributed by atoms with Gasteiger partial charge >= 0.3 is 0 Å². The average molecular weight is 302 g/mol. The van der Waals surface area contributed by atoms with Gasteiger partial charge in [-0.2, -0.15) is 5.10 Å². The molecule has 6 nitrogen and oxygen atoms in total. The van der Waals surface area contributed by atoms with Gasteiger partial charge in [0.15, 0.2) is 11.5 Å². The number of hydrogen-bond acceptors (Lipinski definition) is 4. The molecule has 6 heteroatoms. The predicted molar refractivity (Wildman–Crippen MR) is 83.5 cm³/mol. The van der Waals surface area contributed by atoms with Crippen LogP contribution in [0.1, 0.15) is 30.3 Å². The zero-order valence-corrected chi connectivity index (χ0v) is 12.8. The van der Waals surface area contributed by atoms with Gasteiger partial charge < -0.3 is 14.6 Å². The Morgan fingerprint density at radius 1 is 1.50 bits per heavy atom. The van der Waals surface area contributed by atoms with Gasteiger partial charge in [0, 0.05) is 19.2 Å². The van der Waals surface area contributed by atoms with Crippen molar-refractivity contribution in [2.45, 2.75) is 19.8 Å². The van der Waals surface area contributed by atoms with Crippen LogP contribution in [0.5, 0.6) is 0 Å². The molecule has 0 spiro atoms. The van der Waals surface area contributed by atoms with Crippen LogP contribution in [0.15, 0.2) is 28.9 Å². The van der Waals surface area contributed by atoms with Crippen molar-refractivity contribution >= 4 is 5.91 Å². The number of likely N-dealkylation sites (tertiary alicyclic amines) is 1. The molecule has 0 radical (unpaired) electrons. The lowest BCUT2D eigenvalue weighted by atomic mass is 9.96. The number of carbonyl (C=O) groups is 1. The van der Waals surface area contributed by atoms with E-state index in [1.807, 2.05) is 17.0 Å². The Kier molecular flexibility index (Phi) is 4.58. The van der Waals surface area contributed by atoms with E-state index in [2.05, 4.69) is 22.4 Å². The molecule has 0 aromatic carbocycles. The van der Waals surface area contributed by atoms with Crippen LogP contribution < -0.4 is 5.32 Å². The van der Waals surface area contributed by atoms with Gasteiger partial charge in [-0.1, -0.05) is 6.92 Å². The van der Waals surface area contributed by atoms with Gasteiger partial charge in [-0.15, -0.1) is 0 Å². The standard InChI is InChI=1S/C16H22N4O2/c1-2-17-11-12-5-7-20(8-6-12)16(21)14-10-13(18-19-14)15-4-3-9-22-15/h3-4,9-10,12,17H,2,5-8,11H2,1H3,(H,18,19). The number of nitrogens with one attached hydrogen (secondary N) is 2. The number of aromatic amines is 1. The second-order valence-corrected chi connectivity index (χ2v) is 5.69. The second-order valence-electron chi connectivity index (χ2n) is 5.69. The van der Waals surface area contributed by atoms with Crippen LogP contribution in [0.25, 0.3) is 11.5 Å². The van der Waals surface area contributed by atoms with Crippen molar-refractivity contribution < 1.29 is 9.21 Å². The molecule has 2 N–H and O–H groups in total. The summed E-state index contributed by atoms with van der Waals surface area (Å²) in [4.78, 5) is 14.4. The topological polar surface area (TPSA) is 74.2 Å². The van der Waals surface area contributed by atoms with E-state index < -0.39 is 0 Å². The van der Waals surface area contributed by atoms with Crippen LogP contribution >= 0.6 is 0 Å². The Bertz CT molecular complexity index is 597. The molecule has 0 bridgehead atoms. The van der Waals surface area contributed by atoms with Crippen LogP contribution in [0, 0.1) is 5.92 Å². The fraction of sp³-hybridized carbons (Fsp3) is 0.500. The van der Waals surface area contributed by atoms with E-state index in [1.54, 1.807) is 12.3 Å². The number of piperidine rings is 1. The maximum atomic E-state index is 12.5. The minimum atomic E-state index is -0.00374. The van der Waals surface area contributed by atoms with Crippen molar-refractivity contribution in [3.63, 3.8) is 0 Å². The molecule has 0 atom stereocenters. The Morgan fingerprint density at radius 3 is 3.00 bits per heavy atom. The van der Waals surface area contributed by atoms with Gasteiger partial charge in [0.25, 0.3) is 5.91 Å². The van der Waals surface area contributed by atoms with Crippen molar-refractivity contribution in [3.05, 3.63) is 30.2 Å².